The van der Waals surface area contributed by atoms with Crippen LogP contribution in [-0.4, -0.2) is 24.8 Å². The van der Waals surface area contributed by atoms with Gasteiger partial charge < -0.3 is 20.1 Å². The van der Waals surface area contributed by atoms with Crippen molar-refractivity contribution in [2.75, 3.05) is 18.5 Å². The third-order valence-corrected chi connectivity index (χ3v) is 3.78. The maximum atomic E-state index is 13.1. The van der Waals surface area contributed by atoms with E-state index in [-0.39, 0.29) is 5.60 Å². The summed E-state index contributed by atoms with van der Waals surface area (Å²) in [5.41, 5.74) is 1.29. The Morgan fingerprint density at radius 3 is 2.88 bits per heavy atom. The van der Waals surface area contributed by atoms with E-state index in [2.05, 4.69) is 10.6 Å². The maximum absolute atomic E-state index is 13.1. The Morgan fingerprint density at radius 1 is 1.28 bits per heavy atom. The molecule has 1 aliphatic heterocycles. The number of para-hydroxylation sites is 1. The van der Waals surface area contributed by atoms with Gasteiger partial charge in [0.1, 0.15) is 18.0 Å². The number of benzene rings is 2. The van der Waals surface area contributed by atoms with Crippen molar-refractivity contribution in [2.45, 2.75) is 25.9 Å². The summed E-state index contributed by atoms with van der Waals surface area (Å²) in [7, 11) is 0. The lowest BCUT2D eigenvalue weighted by molar-refractivity contribution is 0.132. The summed E-state index contributed by atoms with van der Waals surface area (Å²) in [4.78, 5) is 11.8. The van der Waals surface area contributed by atoms with E-state index in [4.69, 9.17) is 9.47 Å². The summed E-state index contributed by atoms with van der Waals surface area (Å²) < 4.78 is 24.7. The van der Waals surface area contributed by atoms with Crippen molar-refractivity contribution in [1.29, 1.82) is 0 Å². The van der Waals surface area contributed by atoms with Gasteiger partial charge in [-0.05, 0) is 38.1 Å². The number of urea groups is 1. The van der Waals surface area contributed by atoms with Crippen LogP contribution in [0.25, 0.3) is 0 Å². The molecule has 1 heterocycles. The van der Waals surface area contributed by atoms with Gasteiger partial charge in [-0.2, -0.15) is 0 Å². The predicted molar refractivity (Wildman–Crippen MR) is 93.8 cm³/mol. The Bertz CT molecular complexity index is 777. The maximum Gasteiger partial charge on any atom is 0.319 e. The van der Waals surface area contributed by atoms with Crippen LogP contribution in [0.15, 0.2) is 42.5 Å². The summed E-state index contributed by atoms with van der Waals surface area (Å²) in [5.74, 6) is 1.05. The fourth-order valence-electron chi connectivity index (χ4n) is 2.77. The van der Waals surface area contributed by atoms with E-state index in [1.54, 1.807) is 6.07 Å². The normalized spacial score (nSPS) is 14.4. The number of carbonyl (C=O) groups excluding carboxylic acids is 1. The molecule has 0 fully saturated rings. The van der Waals surface area contributed by atoms with Gasteiger partial charge in [0.05, 0.1) is 6.54 Å². The van der Waals surface area contributed by atoms with Crippen molar-refractivity contribution in [3.05, 3.63) is 53.8 Å². The molecule has 0 bridgehead atoms. The van der Waals surface area contributed by atoms with Crippen molar-refractivity contribution in [3.8, 4) is 11.5 Å². The van der Waals surface area contributed by atoms with E-state index in [1.165, 1.54) is 18.2 Å². The molecule has 5 nitrogen and oxygen atoms in total. The van der Waals surface area contributed by atoms with Gasteiger partial charge in [-0.1, -0.05) is 18.2 Å². The number of halogens is 1. The van der Waals surface area contributed by atoms with Gasteiger partial charge in [-0.15, -0.1) is 0 Å². The number of hydrogen-bond acceptors (Lipinski definition) is 3. The zero-order valence-electron chi connectivity index (χ0n) is 14.3. The van der Waals surface area contributed by atoms with Crippen LogP contribution < -0.4 is 20.1 Å². The molecule has 0 aliphatic carbocycles. The highest BCUT2D eigenvalue weighted by atomic mass is 19.1. The molecule has 0 aromatic heterocycles. The second-order valence-corrected chi connectivity index (χ2v) is 6.52. The molecule has 2 N–H and O–H groups in total. The lowest BCUT2D eigenvalue weighted by Gasteiger charge is -2.18. The second-order valence-electron chi connectivity index (χ2n) is 6.52. The molecular formula is C19H21FN2O3. The topological polar surface area (TPSA) is 59.6 Å². The van der Waals surface area contributed by atoms with Crippen LogP contribution in [0.5, 0.6) is 11.5 Å². The Labute approximate surface area is 146 Å². The van der Waals surface area contributed by atoms with E-state index in [0.29, 0.717) is 24.6 Å². The van der Waals surface area contributed by atoms with Crippen LogP contribution in [0.3, 0.4) is 0 Å². The Morgan fingerprint density at radius 2 is 2.08 bits per heavy atom. The zero-order valence-corrected chi connectivity index (χ0v) is 14.3. The quantitative estimate of drug-likeness (QED) is 0.813. The Balaban J connectivity index is 1.47. The van der Waals surface area contributed by atoms with Gasteiger partial charge in [0.15, 0.2) is 11.5 Å². The van der Waals surface area contributed by atoms with Crippen molar-refractivity contribution < 1.29 is 18.7 Å². The number of fused-ring (bicyclic) bond motifs is 1. The summed E-state index contributed by atoms with van der Waals surface area (Å²) in [5, 5.41) is 5.23. The first-order valence-electron chi connectivity index (χ1n) is 8.17. The molecule has 2 aromatic rings. The van der Waals surface area contributed by atoms with E-state index in [0.717, 1.165) is 17.7 Å². The molecule has 25 heavy (non-hydrogen) atoms. The minimum Gasteiger partial charge on any atom is -0.488 e. The highest BCUT2D eigenvalue weighted by molar-refractivity contribution is 5.89. The molecule has 0 radical (unpaired) electrons. The summed E-state index contributed by atoms with van der Waals surface area (Å²) in [6, 6.07) is 11.1. The van der Waals surface area contributed by atoms with Gasteiger partial charge in [0.25, 0.3) is 0 Å². The van der Waals surface area contributed by atoms with Gasteiger partial charge in [-0.3, -0.25) is 0 Å². The number of nitrogens with one attached hydrogen (secondary N) is 2. The van der Waals surface area contributed by atoms with Crippen LogP contribution >= 0.6 is 0 Å². The van der Waals surface area contributed by atoms with Crippen LogP contribution in [0, 0.1) is 5.82 Å². The smallest absolute Gasteiger partial charge is 0.319 e. The highest BCUT2D eigenvalue weighted by Gasteiger charge is 2.32. The SMILES string of the molecule is CC1(C)Cc2cccc(OCCNC(=O)Nc3cccc(F)c3)c2O1. The number of ether oxygens (including phenoxy) is 2. The molecule has 6 heteroatoms. The summed E-state index contributed by atoms with van der Waals surface area (Å²) in [6.45, 7) is 4.69. The van der Waals surface area contributed by atoms with Gasteiger partial charge in [0, 0.05) is 17.7 Å². The van der Waals surface area contributed by atoms with Crippen LogP contribution in [0.1, 0.15) is 19.4 Å². The molecule has 1 aliphatic rings. The highest BCUT2D eigenvalue weighted by Crippen LogP contribution is 2.41. The third-order valence-electron chi connectivity index (χ3n) is 3.78. The fraction of sp³-hybridized carbons (Fsp3) is 0.316. The molecule has 0 saturated heterocycles. The molecule has 0 atom stereocenters. The molecule has 132 valence electrons. The molecule has 2 amide bonds. The number of carbonyl (C=O) groups is 1. The van der Waals surface area contributed by atoms with Crippen molar-refractivity contribution in [1.82, 2.24) is 5.32 Å². The number of hydrogen-bond donors (Lipinski definition) is 2. The largest absolute Gasteiger partial charge is 0.488 e. The van der Waals surface area contributed by atoms with Crippen molar-refractivity contribution >= 4 is 11.7 Å². The van der Waals surface area contributed by atoms with Crippen LogP contribution in [0.4, 0.5) is 14.9 Å². The molecule has 0 unspecified atom stereocenters. The lowest BCUT2D eigenvalue weighted by atomic mass is 10.0. The number of rotatable bonds is 5. The Hall–Kier alpha value is -2.76. The predicted octanol–water partition coefficient (Wildman–Crippen LogP) is 3.74. The van der Waals surface area contributed by atoms with E-state index >= 15 is 0 Å². The first-order valence-corrected chi connectivity index (χ1v) is 8.17. The average molecular weight is 344 g/mol. The van der Waals surface area contributed by atoms with Crippen LogP contribution in [0.2, 0.25) is 0 Å². The zero-order chi connectivity index (χ0) is 17.9. The first-order chi connectivity index (χ1) is 11.9. The molecule has 3 rings (SSSR count). The van der Waals surface area contributed by atoms with Crippen molar-refractivity contribution in [2.24, 2.45) is 0 Å². The average Bonchev–Trinajstić information content (AvgIpc) is 2.86. The first kappa shape index (κ1) is 17.1. The molecule has 0 saturated carbocycles. The van der Waals surface area contributed by atoms with Gasteiger partial charge in [-0.25, -0.2) is 9.18 Å². The fourth-order valence-corrected chi connectivity index (χ4v) is 2.77. The van der Waals surface area contributed by atoms with Gasteiger partial charge >= 0.3 is 6.03 Å². The van der Waals surface area contributed by atoms with E-state index < -0.39 is 11.8 Å². The summed E-state index contributed by atoms with van der Waals surface area (Å²) in [6.07, 6.45) is 0.841. The van der Waals surface area contributed by atoms with E-state index in [1.807, 2.05) is 32.0 Å². The minimum absolute atomic E-state index is 0.231. The monoisotopic (exact) mass is 344 g/mol. The third kappa shape index (κ3) is 4.41. The minimum atomic E-state index is -0.412. The lowest BCUT2D eigenvalue weighted by Crippen LogP contribution is -2.32. The molecule has 2 aromatic carbocycles. The van der Waals surface area contributed by atoms with Gasteiger partial charge in [0.2, 0.25) is 0 Å². The second kappa shape index (κ2) is 7.01. The Kier molecular flexibility index (Phi) is 4.79. The molecular weight excluding hydrogens is 323 g/mol. The van der Waals surface area contributed by atoms with E-state index in [9.17, 15) is 9.18 Å². The van der Waals surface area contributed by atoms with Crippen LogP contribution in [-0.2, 0) is 6.42 Å². The number of amides is 2. The number of anilines is 1. The standard InChI is InChI=1S/C19H21FN2O3/c1-19(2)12-13-5-3-8-16(17(13)25-19)24-10-9-21-18(23)22-15-7-4-6-14(20)11-15/h3-8,11H,9-10,12H2,1-2H3,(H2,21,22,23). The van der Waals surface area contributed by atoms with Crippen molar-refractivity contribution in [3.63, 3.8) is 0 Å². The summed E-state index contributed by atoms with van der Waals surface area (Å²) >= 11 is 0. The molecule has 0 spiro atoms.